The molecule has 0 bridgehead atoms. The summed E-state index contributed by atoms with van der Waals surface area (Å²) in [5, 5.41) is 31.6. The van der Waals surface area contributed by atoms with Crippen molar-refractivity contribution in [2.75, 3.05) is 14.1 Å². The number of thioether (sulfide) groups is 1. The molecule has 1 saturated heterocycles. The van der Waals surface area contributed by atoms with E-state index in [1.807, 2.05) is 19.0 Å². The lowest BCUT2D eigenvalue weighted by atomic mass is 9.92. The Balaban J connectivity index is 1.93. The van der Waals surface area contributed by atoms with Crippen molar-refractivity contribution >= 4 is 16.9 Å². The predicted molar refractivity (Wildman–Crippen MR) is 87.9 cm³/mol. The van der Waals surface area contributed by atoms with Gasteiger partial charge in [0.05, 0.1) is 6.10 Å². The zero-order valence-electron chi connectivity index (χ0n) is 13.6. The first kappa shape index (κ1) is 18.0. The first-order valence-electron chi connectivity index (χ1n) is 8.07. The molecule has 2 aliphatic heterocycles. The fourth-order valence-corrected chi connectivity index (χ4v) is 4.00. The maximum absolute atomic E-state index is 10.3. The number of hydrogen-bond acceptors (Lipinski definition) is 7. The molecule has 6 nitrogen and oxygen atoms in total. The van der Waals surface area contributed by atoms with Gasteiger partial charge in [0.15, 0.2) is 5.17 Å². The summed E-state index contributed by atoms with van der Waals surface area (Å²) in [6.45, 7) is 2.14. The van der Waals surface area contributed by atoms with Crippen LogP contribution in [-0.2, 0) is 4.74 Å². The average Bonchev–Trinajstić information content (AvgIpc) is 2.91. The van der Waals surface area contributed by atoms with Gasteiger partial charge in [0.25, 0.3) is 0 Å². The van der Waals surface area contributed by atoms with E-state index < -0.39 is 30.5 Å². The molecule has 0 aromatic heterocycles. The molecular formula is C15H28N2O4S. The molecule has 0 aliphatic carbocycles. The molecule has 0 spiro atoms. The molecule has 2 aliphatic rings. The zero-order chi connectivity index (χ0) is 16.3. The number of aliphatic hydroxyl groups excluding tert-OH is 3. The fraction of sp³-hybridized carbons (Fsp3) is 0.933. The molecule has 0 aromatic rings. The highest BCUT2D eigenvalue weighted by Gasteiger charge is 2.50. The number of rotatable bonds is 6. The van der Waals surface area contributed by atoms with E-state index in [0.717, 1.165) is 30.9 Å². The minimum Gasteiger partial charge on any atom is -0.390 e. The lowest BCUT2D eigenvalue weighted by molar-refractivity contribution is -0.185. The van der Waals surface area contributed by atoms with Gasteiger partial charge in [-0.25, -0.2) is 0 Å². The third-order valence-electron chi connectivity index (χ3n) is 4.20. The second-order valence-electron chi connectivity index (χ2n) is 6.28. The summed E-state index contributed by atoms with van der Waals surface area (Å²) >= 11 is 1.43. The van der Waals surface area contributed by atoms with Crippen molar-refractivity contribution in [3.05, 3.63) is 0 Å². The minimum atomic E-state index is -1.10. The molecule has 0 radical (unpaired) electrons. The Morgan fingerprint density at radius 2 is 1.95 bits per heavy atom. The Morgan fingerprint density at radius 3 is 2.59 bits per heavy atom. The van der Waals surface area contributed by atoms with Gasteiger partial charge in [0, 0.05) is 14.1 Å². The number of amidine groups is 1. The smallest absolute Gasteiger partial charge is 0.161 e. The van der Waals surface area contributed by atoms with E-state index in [1.54, 1.807) is 0 Å². The van der Waals surface area contributed by atoms with Crippen molar-refractivity contribution in [1.29, 1.82) is 0 Å². The van der Waals surface area contributed by atoms with Crippen LogP contribution in [0, 0.1) is 0 Å². The van der Waals surface area contributed by atoms with Crippen LogP contribution in [0.25, 0.3) is 0 Å². The molecule has 2 rings (SSSR count). The summed E-state index contributed by atoms with van der Waals surface area (Å²) in [6.07, 6.45) is 1.22. The van der Waals surface area contributed by atoms with Crippen LogP contribution in [0.3, 0.4) is 0 Å². The van der Waals surface area contributed by atoms with E-state index in [0.29, 0.717) is 6.42 Å². The summed E-state index contributed by atoms with van der Waals surface area (Å²) < 4.78 is 5.85. The Kier molecular flexibility index (Phi) is 6.52. The number of unbranched alkanes of at least 4 members (excludes halogenated alkanes) is 3. The maximum Gasteiger partial charge on any atom is 0.161 e. The number of ether oxygens (including phenoxy) is 1. The van der Waals surface area contributed by atoms with Gasteiger partial charge >= 0.3 is 0 Å². The second-order valence-corrected chi connectivity index (χ2v) is 7.35. The molecule has 128 valence electrons. The lowest BCUT2D eigenvalue weighted by Crippen LogP contribution is -2.58. The first-order chi connectivity index (χ1) is 10.5. The third kappa shape index (κ3) is 3.94. The van der Waals surface area contributed by atoms with E-state index in [-0.39, 0.29) is 5.44 Å². The van der Waals surface area contributed by atoms with E-state index in [4.69, 9.17) is 4.74 Å². The molecule has 1 fully saturated rings. The van der Waals surface area contributed by atoms with Gasteiger partial charge in [-0.2, -0.15) is 0 Å². The molecule has 0 aromatic carbocycles. The van der Waals surface area contributed by atoms with Crippen LogP contribution in [0.1, 0.15) is 39.0 Å². The molecule has 7 heteroatoms. The van der Waals surface area contributed by atoms with Crippen LogP contribution in [-0.4, -0.2) is 75.4 Å². The topological polar surface area (TPSA) is 85.5 Å². The Bertz CT molecular complexity index is 394. The summed E-state index contributed by atoms with van der Waals surface area (Å²) in [6, 6.07) is -0.471. The summed E-state index contributed by atoms with van der Waals surface area (Å²) in [7, 11) is 3.76. The fourth-order valence-electron chi connectivity index (χ4n) is 2.85. The van der Waals surface area contributed by atoms with Gasteiger partial charge in [0.2, 0.25) is 0 Å². The van der Waals surface area contributed by atoms with Crippen LogP contribution in [0.4, 0.5) is 0 Å². The first-order valence-corrected chi connectivity index (χ1v) is 8.95. The Morgan fingerprint density at radius 1 is 1.23 bits per heavy atom. The van der Waals surface area contributed by atoms with Crippen LogP contribution < -0.4 is 0 Å². The van der Waals surface area contributed by atoms with Crippen molar-refractivity contribution < 1.29 is 20.1 Å². The van der Waals surface area contributed by atoms with Crippen LogP contribution in [0.15, 0.2) is 4.99 Å². The van der Waals surface area contributed by atoms with Crippen molar-refractivity contribution in [2.24, 2.45) is 4.99 Å². The Hall–Kier alpha value is -0.340. The summed E-state index contributed by atoms with van der Waals surface area (Å²) in [4.78, 5) is 6.27. The van der Waals surface area contributed by atoms with Crippen molar-refractivity contribution in [1.82, 2.24) is 4.90 Å². The molecule has 6 atom stereocenters. The van der Waals surface area contributed by atoms with Crippen LogP contribution in [0.2, 0.25) is 0 Å². The molecule has 3 N–H and O–H groups in total. The number of aliphatic hydroxyl groups is 3. The number of nitrogens with zero attached hydrogens (tertiary/aromatic N) is 2. The average molecular weight is 332 g/mol. The van der Waals surface area contributed by atoms with E-state index in [9.17, 15) is 15.3 Å². The van der Waals surface area contributed by atoms with Gasteiger partial charge in [-0.15, -0.1) is 0 Å². The standard InChI is InChI=1S/C15H28N2O4S/c1-4-5-6-7-8-9(18)13-12(20)11(19)10-14(21-13)22-15(16-10)17(2)3/h9-14,18-20H,4-8H2,1-3H3/t9-,10?,11?,12?,13?,14?/m1/s1. The van der Waals surface area contributed by atoms with Gasteiger partial charge in [-0.3, -0.25) is 4.99 Å². The minimum absolute atomic E-state index is 0.342. The zero-order valence-corrected chi connectivity index (χ0v) is 14.4. The quantitative estimate of drug-likeness (QED) is 0.624. The van der Waals surface area contributed by atoms with E-state index >= 15 is 0 Å². The highest BCUT2D eigenvalue weighted by Crippen LogP contribution is 2.38. The van der Waals surface area contributed by atoms with Gasteiger partial charge < -0.3 is 25.0 Å². The number of fused-ring (bicyclic) bond motifs is 1. The van der Waals surface area contributed by atoms with Gasteiger partial charge in [-0.05, 0) is 6.42 Å². The monoisotopic (exact) mass is 332 g/mol. The largest absolute Gasteiger partial charge is 0.390 e. The van der Waals surface area contributed by atoms with Gasteiger partial charge in [-0.1, -0.05) is 44.4 Å². The maximum atomic E-state index is 10.3. The van der Waals surface area contributed by atoms with Gasteiger partial charge in [0.1, 0.15) is 29.8 Å². The third-order valence-corrected chi connectivity index (χ3v) is 5.51. The van der Waals surface area contributed by atoms with E-state index in [1.165, 1.54) is 11.8 Å². The predicted octanol–water partition coefficient (Wildman–Crippen LogP) is 0.797. The molecule has 0 amide bonds. The number of hydrogen-bond donors (Lipinski definition) is 3. The SMILES string of the molecule is CCCCCC[C@@H](O)C1OC2SC(N(C)C)=NC2C(O)C1O. The highest BCUT2D eigenvalue weighted by molar-refractivity contribution is 8.14. The Labute approximate surface area is 136 Å². The van der Waals surface area contributed by atoms with Crippen molar-refractivity contribution in [3.8, 4) is 0 Å². The molecule has 5 unspecified atom stereocenters. The van der Waals surface area contributed by atoms with Crippen LogP contribution >= 0.6 is 11.8 Å². The lowest BCUT2D eigenvalue weighted by Gasteiger charge is -2.40. The van der Waals surface area contributed by atoms with Crippen molar-refractivity contribution in [2.45, 2.75) is 74.9 Å². The highest BCUT2D eigenvalue weighted by atomic mass is 32.2. The summed E-state index contributed by atoms with van der Waals surface area (Å²) in [5.41, 5.74) is -0.342. The molecular weight excluding hydrogens is 304 g/mol. The summed E-state index contributed by atoms with van der Waals surface area (Å²) in [5.74, 6) is 0. The second kappa shape index (κ2) is 7.97. The molecule has 0 saturated carbocycles. The molecule has 22 heavy (non-hydrogen) atoms. The normalized spacial score (nSPS) is 35.9. The van der Waals surface area contributed by atoms with E-state index in [2.05, 4.69) is 11.9 Å². The van der Waals surface area contributed by atoms with Crippen LogP contribution in [0.5, 0.6) is 0 Å². The number of aliphatic imine (C=N–C) groups is 1. The molecule has 2 heterocycles. The van der Waals surface area contributed by atoms with Crippen molar-refractivity contribution in [3.63, 3.8) is 0 Å².